The van der Waals surface area contributed by atoms with Crippen molar-refractivity contribution < 1.29 is 22.2 Å². The summed E-state index contributed by atoms with van der Waals surface area (Å²) >= 11 is 0. The first-order valence-electron chi connectivity index (χ1n) is 4.16. The Morgan fingerprint density at radius 3 is 2.23 bits per heavy atom. The molecule has 3 heteroatoms. The molecule has 0 aliphatic rings. The topological polar surface area (TPSA) is 32.3 Å². The van der Waals surface area contributed by atoms with Crippen LogP contribution in [0, 0.1) is 0 Å². The van der Waals surface area contributed by atoms with Crippen molar-refractivity contribution in [2.24, 2.45) is 0 Å². The second-order valence-electron chi connectivity index (χ2n) is 2.93. The van der Waals surface area contributed by atoms with Crippen molar-refractivity contribution in [1.82, 2.24) is 5.32 Å². The molecule has 0 amide bonds. The average Bonchev–Trinajstić information content (AvgIpc) is 2.17. The van der Waals surface area contributed by atoms with E-state index in [2.05, 4.69) is 5.32 Å². The molecule has 0 aromatic heterocycles. The summed E-state index contributed by atoms with van der Waals surface area (Å²) in [4.78, 5) is 0. The fourth-order valence-electron chi connectivity index (χ4n) is 1.10. The van der Waals surface area contributed by atoms with Crippen molar-refractivity contribution in [3.63, 3.8) is 0 Å². The van der Waals surface area contributed by atoms with Gasteiger partial charge in [0.15, 0.2) is 0 Å². The molecule has 0 heterocycles. The summed E-state index contributed by atoms with van der Waals surface area (Å²) in [6, 6.07) is 9.76. The maximum atomic E-state index is 9.73. The van der Waals surface area contributed by atoms with Crippen LogP contribution < -0.4 is 5.32 Å². The summed E-state index contributed by atoms with van der Waals surface area (Å²) in [6.07, 6.45) is -0.420. The van der Waals surface area contributed by atoms with Crippen molar-refractivity contribution in [1.29, 1.82) is 0 Å². The zero-order chi connectivity index (χ0) is 8.97. The van der Waals surface area contributed by atoms with Gasteiger partial charge in [0.25, 0.3) is 0 Å². The predicted octanol–water partition coefficient (Wildman–Crippen LogP) is 1.33. The number of rotatable bonds is 3. The van der Waals surface area contributed by atoms with E-state index in [1.807, 2.05) is 44.3 Å². The zero-order valence-electron chi connectivity index (χ0n) is 7.84. The molecule has 0 radical (unpaired) electrons. The van der Waals surface area contributed by atoms with Crippen LogP contribution in [0.15, 0.2) is 30.3 Å². The van der Waals surface area contributed by atoms with Gasteiger partial charge >= 0.3 is 0 Å². The van der Waals surface area contributed by atoms with Crippen molar-refractivity contribution in [2.75, 3.05) is 7.05 Å². The molecule has 2 nitrogen and oxygen atoms in total. The van der Waals surface area contributed by atoms with Crippen molar-refractivity contribution >= 4 is 0 Å². The molecule has 0 aliphatic carbocycles. The Morgan fingerprint density at radius 2 is 1.77 bits per heavy atom. The molecule has 0 saturated heterocycles. The van der Waals surface area contributed by atoms with Crippen LogP contribution in [0.2, 0.25) is 0 Å². The van der Waals surface area contributed by atoms with Gasteiger partial charge in [-0.3, -0.25) is 0 Å². The van der Waals surface area contributed by atoms with Gasteiger partial charge in [-0.25, -0.2) is 0 Å². The van der Waals surface area contributed by atoms with E-state index < -0.39 is 6.10 Å². The van der Waals surface area contributed by atoms with Gasteiger partial charge in [0, 0.05) is 23.1 Å². The van der Waals surface area contributed by atoms with E-state index >= 15 is 0 Å². The Kier molecular flexibility index (Phi) is 6.00. The molecule has 0 unspecified atom stereocenters. The van der Waals surface area contributed by atoms with E-state index in [0.717, 1.165) is 5.56 Å². The van der Waals surface area contributed by atoms with E-state index in [1.54, 1.807) is 0 Å². The maximum absolute atomic E-state index is 9.73. The van der Waals surface area contributed by atoms with Gasteiger partial charge in [0.2, 0.25) is 0 Å². The van der Waals surface area contributed by atoms with Crippen LogP contribution in [-0.2, 0) is 17.1 Å². The zero-order valence-corrected chi connectivity index (χ0v) is 8.95. The molecule has 13 heavy (non-hydrogen) atoms. The number of benzene rings is 1. The van der Waals surface area contributed by atoms with Crippen LogP contribution in [0.4, 0.5) is 0 Å². The van der Waals surface area contributed by atoms with Crippen LogP contribution in [0.1, 0.15) is 18.6 Å². The Morgan fingerprint density at radius 1 is 1.23 bits per heavy atom. The molecule has 2 N–H and O–H groups in total. The summed E-state index contributed by atoms with van der Waals surface area (Å²) in [5.74, 6) is 0. The second-order valence-corrected chi connectivity index (χ2v) is 2.93. The first-order chi connectivity index (χ1) is 5.75. The molecular weight excluding hydrogens is 206 g/mol. The van der Waals surface area contributed by atoms with E-state index in [1.165, 1.54) is 0 Å². The van der Waals surface area contributed by atoms with E-state index in [0.29, 0.717) is 0 Å². The molecule has 0 fully saturated rings. The van der Waals surface area contributed by atoms with Gasteiger partial charge in [-0.1, -0.05) is 30.3 Å². The van der Waals surface area contributed by atoms with Gasteiger partial charge in [-0.15, -0.1) is 0 Å². The Balaban J connectivity index is 0.00000144. The molecular formula is C10H15FeNO. The number of hydrogen-bond acceptors (Lipinski definition) is 2. The molecule has 74 valence electrons. The van der Waals surface area contributed by atoms with Crippen LogP contribution in [0.25, 0.3) is 0 Å². The average molecular weight is 221 g/mol. The summed E-state index contributed by atoms with van der Waals surface area (Å²) in [6.45, 7) is 1.96. The Hall–Kier alpha value is -0.341. The smallest absolute Gasteiger partial charge is 0.0940 e. The summed E-state index contributed by atoms with van der Waals surface area (Å²) in [5.41, 5.74) is 0.958. The van der Waals surface area contributed by atoms with Crippen molar-refractivity contribution in [3.8, 4) is 0 Å². The third kappa shape index (κ3) is 3.49. The summed E-state index contributed by atoms with van der Waals surface area (Å²) in [7, 11) is 1.84. The minimum atomic E-state index is -0.420. The van der Waals surface area contributed by atoms with Crippen molar-refractivity contribution in [3.05, 3.63) is 35.9 Å². The van der Waals surface area contributed by atoms with E-state index in [-0.39, 0.29) is 23.1 Å². The van der Waals surface area contributed by atoms with Crippen molar-refractivity contribution in [2.45, 2.75) is 19.1 Å². The monoisotopic (exact) mass is 221 g/mol. The fraction of sp³-hybridized carbons (Fsp3) is 0.400. The number of likely N-dealkylation sites (N-methyl/N-ethyl adjacent to an activating group) is 1. The van der Waals surface area contributed by atoms with Gasteiger partial charge in [-0.05, 0) is 19.5 Å². The van der Waals surface area contributed by atoms with E-state index in [4.69, 9.17) is 0 Å². The summed E-state index contributed by atoms with van der Waals surface area (Å²) in [5, 5.41) is 12.7. The number of nitrogens with one attached hydrogen (secondary N) is 1. The predicted molar refractivity (Wildman–Crippen MR) is 49.9 cm³/mol. The molecule has 1 rings (SSSR count). The number of hydrogen-bond donors (Lipinski definition) is 2. The first-order valence-corrected chi connectivity index (χ1v) is 4.16. The van der Waals surface area contributed by atoms with Gasteiger partial charge < -0.3 is 10.4 Å². The third-order valence-corrected chi connectivity index (χ3v) is 2.07. The standard InChI is InChI=1S/C10H15NO.Fe/c1-8(11-2)10(12)9-6-4-3-5-7-9;/h3-8,10-12H,1-2H3;/t8-,10-;/m0./s1. The quantitative estimate of drug-likeness (QED) is 0.754. The van der Waals surface area contributed by atoms with Crippen LogP contribution >= 0.6 is 0 Å². The van der Waals surface area contributed by atoms with Crippen LogP contribution in [-0.4, -0.2) is 18.2 Å². The van der Waals surface area contributed by atoms with Gasteiger partial charge in [-0.2, -0.15) is 0 Å². The normalized spacial score (nSPS) is 14.4. The Bertz CT molecular complexity index is 228. The minimum absolute atomic E-state index is 0. The maximum Gasteiger partial charge on any atom is 0.0940 e. The van der Waals surface area contributed by atoms with Crippen LogP contribution in [0.3, 0.4) is 0 Å². The third-order valence-electron chi connectivity index (χ3n) is 2.07. The van der Waals surface area contributed by atoms with E-state index in [9.17, 15) is 5.11 Å². The molecule has 0 bridgehead atoms. The summed E-state index contributed by atoms with van der Waals surface area (Å²) < 4.78 is 0. The number of aliphatic hydroxyl groups is 1. The first kappa shape index (κ1) is 12.7. The van der Waals surface area contributed by atoms with Gasteiger partial charge in [0.05, 0.1) is 6.10 Å². The largest absolute Gasteiger partial charge is 0.387 e. The molecule has 1 aromatic carbocycles. The fourth-order valence-corrected chi connectivity index (χ4v) is 1.10. The van der Waals surface area contributed by atoms with Crippen LogP contribution in [0.5, 0.6) is 0 Å². The number of aliphatic hydroxyl groups excluding tert-OH is 1. The molecule has 0 saturated carbocycles. The molecule has 0 spiro atoms. The SMILES string of the molecule is CN[C@@H](C)[C@H](O)c1ccccc1.[Fe]. The molecule has 0 aliphatic heterocycles. The minimum Gasteiger partial charge on any atom is -0.387 e. The molecule has 1 aromatic rings. The molecule has 2 atom stereocenters. The Labute approximate surface area is 89.8 Å². The van der Waals surface area contributed by atoms with Gasteiger partial charge in [0.1, 0.15) is 0 Å². The second kappa shape index (κ2) is 6.16.